The third kappa shape index (κ3) is 3.85. The van der Waals surface area contributed by atoms with Gasteiger partial charge in [-0.05, 0) is 76.2 Å². The molecule has 168 valence electrons. The van der Waals surface area contributed by atoms with Crippen LogP contribution in [-0.2, 0) is 0 Å². The van der Waals surface area contributed by atoms with Crippen molar-refractivity contribution in [3.05, 3.63) is 81.8 Å². The zero-order valence-electron chi connectivity index (χ0n) is 19.3. The summed E-state index contributed by atoms with van der Waals surface area (Å²) < 4.78 is 0. The molecule has 34 heavy (non-hydrogen) atoms. The van der Waals surface area contributed by atoms with E-state index >= 15 is 0 Å². The van der Waals surface area contributed by atoms with Crippen molar-refractivity contribution in [2.75, 3.05) is 0 Å². The Morgan fingerprint density at radius 3 is 1.15 bits per heavy atom. The molecule has 0 N–H and O–H groups in total. The maximum absolute atomic E-state index is 5.05. The predicted octanol–water partition coefficient (Wildman–Crippen LogP) is 9.78. The minimum atomic E-state index is 0.984. The average Bonchev–Trinajstić information content (AvgIpc) is 3.61. The maximum Gasteiger partial charge on any atom is 0.0983 e. The van der Waals surface area contributed by atoms with Gasteiger partial charge < -0.3 is 0 Å². The van der Waals surface area contributed by atoms with Crippen molar-refractivity contribution in [2.45, 2.75) is 27.7 Å². The number of hydrogen-bond donors (Lipinski definition) is 0. The molecule has 0 spiro atoms. The Labute approximate surface area is 215 Å². The second-order valence-corrected chi connectivity index (χ2v) is 13.1. The van der Waals surface area contributed by atoms with Gasteiger partial charge in [0.05, 0.1) is 22.4 Å². The fraction of sp³-hybridized carbons (Fsp3) is 0.143. The van der Waals surface area contributed by atoms with Crippen LogP contribution in [0.25, 0.3) is 51.4 Å². The number of aromatic nitrogens is 2. The number of hydrogen-bond acceptors (Lipinski definition) is 6. The highest BCUT2D eigenvalue weighted by Gasteiger charge is 2.17. The van der Waals surface area contributed by atoms with E-state index in [4.69, 9.17) is 9.97 Å². The summed E-state index contributed by atoms with van der Waals surface area (Å²) in [4.78, 5) is 20.5. The van der Waals surface area contributed by atoms with Crippen molar-refractivity contribution < 1.29 is 0 Å². The van der Waals surface area contributed by atoms with Crippen LogP contribution in [-0.4, -0.2) is 9.97 Å². The lowest BCUT2D eigenvalue weighted by Crippen LogP contribution is -1.96. The highest BCUT2D eigenvalue weighted by molar-refractivity contribution is 7.24. The van der Waals surface area contributed by atoms with E-state index in [1.165, 1.54) is 39.0 Å². The minimum Gasteiger partial charge on any atom is -0.249 e. The van der Waals surface area contributed by atoms with Crippen LogP contribution in [0.4, 0.5) is 0 Å². The Hall–Kier alpha value is -2.64. The van der Waals surface area contributed by atoms with E-state index in [1.807, 2.05) is 45.3 Å². The first-order valence-electron chi connectivity index (χ1n) is 11.1. The number of thiophene rings is 4. The van der Waals surface area contributed by atoms with Gasteiger partial charge in [-0.1, -0.05) is 12.1 Å². The van der Waals surface area contributed by atoms with Crippen molar-refractivity contribution in [2.24, 2.45) is 0 Å². The molecular weight excluding hydrogens is 493 g/mol. The number of nitrogens with zero attached hydrogens (tertiary/aromatic N) is 2. The first-order chi connectivity index (χ1) is 16.5. The molecular formula is C28H22N2S4. The van der Waals surface area contributed by atoms with Crippen LogP contribution in [0.5, 0.6) is 0 Å². The van der Waals surface area contributed by atoms with E-state index in [2.05, 4.69) is 88.4 Å². The smallest absolute Gasteiger partial charge is 0.0983 e. The van der Waals surface area contributed by atoms with Gasteiger partial charge in [0, 0.05) is 50.1 Å². The van der Waals surface area contributed by atoms with Crippen LogP contribution in [0.1, 0.15) is 21.1 Å². The van der Waals surface area contributed by atoms with Gasteiger partial charge >= 0.3 is 0 Å². The zero-order chi connectivity index (χ0) is 23.4. The monoisotopic (exact) mass is 514 g/mol. The van der Waals surface area contributed by atoms with Gasteiger partial charge in [0.15, 0.2) is 0 Å². The lowest BCUT2D eigenvalue weighted by Gasteiger charge is -2.10. The van der Waals surface area contributed by atoms with E-state index in [1.54, 1.807) is 0 Å². The highest BCUT2D eigenvalue weighted by Crippen LogP contribution is 2.43. The minimum absolute atomic E-state index is 0.984. The van der Waals surface area contributed by atoms with Crippen LogP contribution < -0.4 is 0 Å². The first-order valence-corrected chi connectivity index (χ1v) is 14.3. The fourth-order valence-electron chi connectivity index (χ4n) is 4.06. The highest BCUT2D eigenvalue weighted by atomic mass is 32.1. The summed E-state index contributed by atoms with van der Waals surface area (Å²) in [5, 5.41) is 0. The molecule has 5 heterocycles. The quantitative estimate of drug-likeness (QED) is 0.234. The summed E-state index contributed by atoms with van der Waals surface area (Å²) in [6, 6.07) is 22.2. The molecule has 0 amide bonds. The molecule has 6 rings (SSSR count). The predicted molar refractivity (Wildman–Crippen MR) is 152 cm³/mol. The number of fused-ring (bicyclic) bond motifs is 1. The molecule has 0 atom stereocenters. The van der Waals surface area contributed by atoms with Crippen LogP contribution in [0.15, 0.2) is 60.7 Å². The molecule has 0 aliphatic rings. The van der Waals surface area contributed by atoms with Crippen molar-refractivity contribution in [1.82, 2.24) is 9.97 Å². The van der Waals surface area contributed by atoms with E-state index in [0.29, 0.717) is 0 Å². The standard InChI is InChI=1S/C28H22N2S4/c1-15-5-9-23(31-15)25-13-11-21(33-25)19-7-8-20(28-27(19)29-17(3)18(4)30-28)22-12-14-26(34-22)24-10-6-16(2)32-24/h5-14H,1-4H3. The summed E-state index contributed by atoms with van der Waals surface area (Å²) in [7, 11) is 0. The van der Waals surface area contributed by atoms with Crippen molar-refractivity contribution in [3.8, 4) is 40.4 Å². The molecule has 1 aromatic carbocycles. The number of rotatable bonds is 4. The van der Waals surface area contributed by atoms with E-state index in [9.17, 15) is 0 Å². The Kier molecular flexibility index (Phi) is 5.49. The lowest BCUT2D eigenvalue weighted by molar-refractivity contribution is 1.10. The summed E-state index contributed by atoms with van der Waals surface area (Å²) >= 11 is 7.35. The van der Waals surface area contributed by atoms with Crippen molar-refractivity contribution >= 4 is 56.4 Å². The summed E-state index contributed by atoms with van der Waals surface area (Å²) in [5.74, 6) is 0. The Morgan fingerprint density at radius 1 is 0.412 bits per heavy atom. The van der Waals surface area contributed by atoms with Crippen LogP contribution >= 0.6 is 45.3 Å². The SMILES string of the molecule is Cc1ccc(-c2ccc(-c3ccc(-c4ccc(-c5ccc(C)s5)s4)c4nc(C)c(C)nc34)s2)s1. The fourth-order valence-corrected chi connectivity index (χ4v) is 8.05. The topological polar surface area (TPSA) is 25.8 Å². The molecule has 0 bridgehead atoms. The lowest BCUT2D eigenvalue weighted by atomic mass is 10.0. The average molecular weight is 515 g/mol. The zero-order valence-corrected chi connectivity index (χ0v) is 22.6. The first kappa shape index (κ1) is 21.9. The molecule has 2 nitrogen and oxygen atoms in total. The van der Waals surface area contributed by atoms with Gasteiger partial charge in [0.25, 0.3) is 0 Å². The van der Waals surface area contributed by atoms with Gasteiger partial charge in [0.2, 0.25) is 0 Å². The van der Waals surface area contributed by atoms with E-state index < -0.39 is 0 Å². The molecule has 0 aliphatic carbocycles. The van der Waals surface area contributed by atoms with Gasteiger partial charge in [-0.2, -0.15) is 0 Å². The van der Waals surface area contributed by atoms with Crippen LogP contribution in [0, 0.1) is 27.7 Å². The van der Waals surface area contributed by atoms with Crippen LogP contribution in [0.2, 0.25) is 0 Å². The second-order valence-electron chi connectivity index (χ2n) is 8.40. The number of benzene rings is 1. The molecule has 6 heteroatoms. The summed E-state index contributed by atoms with van der Waals surface area (Å²) in [6.07, 6.45) is 0. The summed E-state index contributed by atoms with van der Waals surface area (Å²) in [5.41, 5.74) is 6.25. The molecule has 0 aliphatic heterocycles. The van der Waals surface area contributed by atoms with Crippen LogP contribution in [0.3, 0.4) is 0 Å². The Bertz CT molecular complexity index is 1540. The molecule has 0 radical (unpaired) electrons. The van der Waals surface area contributed by atoms with Crippen molar-refractivity contribution in [3.63, 3.8) is 0 Å². The summed E-state index contributed by atoms with van der Waals surface area (Å²) in [6.45, 7) is 8.42. The Balaban J connectivity index is 1.49. The third-order valence-electron chi connectivity index (χ3n) is 5.94. The van der Waals surface area contributed by atoms with Crippen molar-refractivity contribution in [1.29, 1.82) is 0 Å². The second kappa shape index (κ2) is 8.54. The largest absolute Gasteiger partial charge is 0.249 e. The maximum atomic E-state index is 5.05. The molecule has 0 unspecified atom stereocenters. The molecule has 0 saturated heterocycles. The van der Waals surface area contributed by atoms with Gasteiger partial charge in [-0.3, -0.25) is 0 Å². The van der Waals surface area contributed by atoms with Gasteiger partial charge in [-0.25, -0.2) is 9.97 Å². The molecule has 5 aromatic heterocycles. The third-order valence-corrected chi connectivity index (χ3v) is 10.6. The normalized spacial score (nSPS) is 11.5. The van der Waals surface area contributed by atoms with E-state index in [0.717, 1.165) is 33.5 Å². The van der Waals surface area contributed by atoms with Gasteiger partial charge in [0.1, 0.15) is 0 Å². The molecule has 6 aromatic rings. The Morgan fingerprint density at radius 2 is 0.765 bits per heavy atom. The number of aryl methyl sites for hydroxylation is 4. The molecule has 0 saturated carbocycles. The van der Waals surface area contributed by atoms with E-state index in [-0.39, 0.29) is 0 Å². The van der Waals surface area contributed by atoms with Gasteiger partial charge in [-0.15, -0.1) is 45.3 Å². The molecule has 0 fully saturated rings.